The lowest BCUT2D eigenvalue weighted by atomic mass is 10.1. The molecule has 0 atom stereocenters. The Morgan fingerprint density at radius 3 is 2.50 bits per heavy atom. The van der Waals surface area contributed by atoms with Crippen LogP contribution in [0.3, 0.4) is 0 Å². The number of alkyl halides is 3. The third-order valence-electron chi connectivity index (χ3n) is 4.39. The van der Waals surface area contributed by atoms with Crippen LogP contribution in [0.25, 0.3) is 0 Å². The molecule has 0 saturated carbocycles. The van der Waals surface area contributed by atoms with E-state index in [9.17, 15) is 18.0 Å². The van der Waals surface area contributed by atoms with E-state index in [1.165, 1.54) is 12.1 Å². The van der Waals surface area contributed by atoms with E-state index in [4.69, 9.17) is 11.6 Å². The lowest BCUT2D eigenvalue weighted by Gasteiger charge is -2.19. The zero-order valence-electron chi connectivity index (χ0n) is 17.1. The number of nitrogens with zero attached hydrogens (tertiary/aromatic N) is 3. The molecule has 168 valence electrons. The van der Waals surface area contributed by atoms with Crippen molar-refractivity contribution < 1.29 is 18.0 Å². The SMILES string of the molecule is CN(Cc1ccccc1)c1cc(Cl)nc(SCC(=O)NCc2cccc(C(F)(F)F)c2)n1. The minimum Gasteiger partial charge on any atom is -0.355 e. The van der Waals surface area contributed by atoms with Gasteiger partial charge in [-0.2, -0.15) is 13.2 Å². The van der Waals surface area contributed by atoms with Crippen LogP contribution in [0.15, 0.2) is 65.8 Å². The number of amides is 1. The van der Waals surface area contributed by atoms with E-state index in [0.29, 0.717) is 23.1 Å². The molecule has 1 aromatic heterocycles. The lowest BCUT2D eigenvalue weighted by Crippen LogP contribution is -2.25. The fourth-order valence-electron chi connectivity index (χ4n) is 2.82. The van der Waals surface area contributed by atoms with E-state index in [-0.39, 0.29) is 23.4 Å². The van der Waals surface area contributed by atoms with Crippen molar-refractivity contribution in [3.63, 3.8) is 0 Å². The summed E-state index contributed by atoms with van der Waals surface area (Å²) in [6, 6.07) is 16.3. The Kier molecular flexibility index (Phi) is 7.98. The first-order chi connectivity index (χ1) is 15.2. The second-order valence-corrected chi connectivity index (χ2v) is 8.27. The van der Waals surface area contributed by atoms with Crippen LogP contribution in [-0.4, -0.2) is 28.7 Å². The summed E-state index contributed by atoms with van der Waals surface area (Å²) in [5.41, 5.74) is 0.716. The number of aromatic nitrogens is 2. The van der Waals surface area contributed by atoms with Gasteiger partial charge in [0.2, 0.25) is 5.91 Å². The predicted octanol–water partition coefficient (Wildman–Crippen LogP) is 5.19. The van der Waals surface area contributed by atoms with Crippen LogP contribution >= 0.6 is 23.4 Å². The summed E-state index contributed by atoms with van der Waals surface area (Å²) in [5, 5.41) is 3.19. The Balaban J connectivity index is 1.55. The average Bonchev–Trinajstić information content (AvgIpc) is 2.76. The first kappa shape index (κ1) is 23.9. The molecule has 0 aliphatic heterocycles. The van der Waals surface area contributed by atoms with Crippen LogP contribution < -0.4 is 10.2 Å². The summed E-state index contributed by atoms with van der Waals surface area (Å²) in [4.78, 5) is 22.7. The maximum Gasteiger partial charge on any atom is 0.416 e. The first-order valence-electron chi connectivity index (χ1n) is 9.56. The number of rotatable bonds is 8. The van der Waals surface area contributed by atoms with Gasteiger partial charge in [0.05, 0.1) is 11.3 Å². The normalized spacial score (nSPS) is 11.3. The number of carbonyl (C=O) groups excluding carboxylic acids is 1. The monoisotopic (exact) mass is 480 g/mol. The Morgan fingerprint density at radius 2 is 1.78 bits per heavy atom. The minimum absolute atomic E-state index is 0.00113. The molecule has 5 nitrogen and oxygen atoms in total. The van der Waals surface area contributed by atoms with Gasteiger partial charge in [-0.05, 0) is 23.3 Å². The second-order valence-electron chi connectivity index (χ2n) is 6.94. The van der Waals surface area contributed by atoms with Gasteiger partial charge >= 0.3 is 6.18 Å². The van der Waals surface area contributed by atoms with Crippen LogP contribution in [0.1, 0.15) is 16.7 Å². The van der Waals surface area contributed by atoms with E-state index < -0.39 is 11.7 Å². The molecule has 0 radical (unpaired) electrons. The van der Waals surface area contributed by atoms with Gasteiger partial charge in [0, 0.05) is 26.2 Å². The summed E-state index contributed by atoms with van der Waals surface area (Å²) in [6.07, 6.45) is -4.43. The molecule has 2 aromatic carbocycles. The summed E-state index contributed by atoms with van der Waals surface area (Å²) in [5.74, 6) is 0.261. The van der Waals surface area contributed by atoms with Crippen LogP contribution in [-0.2, 0) is 24.1 Å². The Morgan fingerprint density at radius 1 is 1.06 bits per heavy atom. The molecule has 1 heterocycles. The van der Waals surface area contributed by atoms with E-state index in [1.807, 2.05) is 42.3 Å². The van der Waals surface area contributed by atoms with Gasteiger partial charge in [0.25, 0.3) is 0 Å². The number of halogens is 4. The van der Waals surface area contributed by atoms with Gasteiger partial charge in [0.15, 0.2) is 5.16 Å². The Hall–Kier alpha value is -2.78. The van der Waals surface area contributed by atoms with Gasteiger partial charge in [-0.25, -0.2) is 9.97 Å². The predicted molar refractivity (Wildman–Crippen MR) is 120 cm³/mol. The molecule has 3 aromatic rings. The molecule has 32 heavy (non-hydrogen) atoms. The second kappa shape index (κ2) is 10.7. The van der Waals surface area contributed by atoms with Gasteiger partial charge < -0.3 is 10.2 Å². The van der Waals surface area contributed by atoms with Crippen molar-refractivity contribution in [2.75, 3.05) is 17.7 Å². The largest absolute Gasteiger partial charge is 0.416 e. The molecule has 3 rings (SSSR count). The first-order valence-corrected chi connectivity index (χ1v) is 10.9. The van der Waals surface area contributed by atoms with Gasteiger partial charge in [-0.15, -0.1) is 0 Å². The minimum atomic E-state index is -4.43. The summed E-state index contributed by atoms with van der Waals surface area (Å²) >= 11 is 7.22. The zero-order chi connectivity index (χ0) is 23.1. The highest BCUT2D eigenvalue weighted by molar-refractivity contribution is 7.99. The summed E-state index contributed by atoms with van der Waals surface area (Å²) in [6.45, 7) is 0.612. The third-order valence-corrected chi connectivity index (χ3v) is 5.43. The van der Waals surface area contributed by atoms with Crippen LogP contribution in [0.2, 0.25) is 5.15 Å². The molecular formula is C22H20ClF3N4OS. The number of benzene rings is 2. The molecule has 0 spiro atoms. The Bertz CT molecular complexity index is 1070. The number of carbonyl (C=O) groups is 1. The van der Waals surface area contributed by atoms with Crippen LogP contribution in [0.5, 0.6) is 0 Å². The van der Waals surface area contributed by atoms with E-state index >= 15 is 0 Å². The molecule has 1 amide bonds. The van der Waals surface area contributed by atoms with Crippen LogP contribution in [0.4, 0.5) is 19.0 Å². The number of anilines is 1. The van der Waals surface area contributed by atoms with Crippen molar-refractivity contribution in [3.8, 4) is 0 Å². The van der Waals surface area contributed by atoms with E-state index in [1.54, 1.807) is 6.07 Å². The average molecular weight is 481 g/mol. The number of hydrogen-bond donors (Lipinski definition) is 1. The smallest absolute Gasteiger partial charge is 0.355 e. The van der Waals surface area contributed by atoms with Crippen LogP contribution in [0, 0.1) is 0 Å². The molecule has 0 bridgehead atoms. The maximum atomic E-state index is 12.8. The highest BCUT2D eigenvalue weighted by atomic mass is 35.5. The van der Waals surface area contributed by atoms with Gasteiger partial charge in [-0.3, -0.25) is 4.79 Å². The highest BCUT2D eigenvalue weighted by Crippen LogP contribution is 2.29. The molecule has 0 fully saturated rings. The molecule has 0 aliphatic carbocycles. The number of nitrogens with one attached hydrogen (secondary N) is 1. The molecule has 10 heteroatoms. The molecular weight excluding hydrogens is 461 g/mol. The van der Waals surface area contributed by atoms with E-state index in [2.05, 4.69) is 15.3 Å². The number of hydrogen-bond acceptors (Lipinski definition) is 5. The quantitative estimate of drug-likeness (QED) is 0.273. The van der Waals surface area contributed by atoms with Crippen molar-refractivity contribution in [2.45, 2.75) is 24.4 Å². The standard InChI is InChI=1S/C22H20ClF3N4OS/c1-30(13-15-6-3-2-4-7-15)19-11-18(23)28-21(29-19)32-14-20(31)27-12-16-8-5-9-17(10-16)22(24,25)26/h2-11H,12-14H2,1H3,(H,27,31). The zero-order valence-corrected chi connectivity index (χ0v) is 18.6. The maximum absolute atomic E-state index is 12.8. The summed E-state index contributed by atoms with van der Waals surface area (Å²) < 4.78 is 38.4. The lowest BCUT2D eigenvalue weighted by molar-refractivity contribution is -0.137. The molecule has 0 saturated heterocycles. The van der Waals surface area contributed by atoms with Crippen molar-refractivity contribution in [1.82, 2.24) is 15.3 Å². The summed E-state index contributed by atoms with van der Waals surface area (Å²) in [7, 11) is 1.88. The van der Waals surface area contributed by atoms with Crippen molar-refractivity contribution in [3.05, 3.63) is 82.5 Å². The third kappa shape index (κ3) is 7.13. The van der Waals surface area contributed by atoms with Gasteiger partial charge in [-0.1, -0.05) is 65.8 Å². The molecule has 0 unspecified atom stereocenters. The molecule has 1 N–H and O–H groups in total. The topological polar surface area (TPSA) is 58.1 Å². The fraction of sp³-hybridized carbons (Fsp3) is 0.227. The van der Waals surface area contributed by atoms with Crippen molar-refractivity contribution >= 4 is 35.1 Å². The van der Waals surface area contributed by atoms with Gasteiger partial charge in [0.1, 0.15) is 11.0 Å². The van der Waals surface area contributed by atoms with Crippen molar-refractivity contribution in [1.29, 1.82) is 0 Å². The highest BCUT2D eigenvalue weighted by Gasteiger charge is 2.30. The fourth-order valence-corrected chi connectivity index (χ4v) is 3.73. The van der Waals surface area contributed by atoms with E-state index in [0.717, 1.165) is 29.5 Å². The molecule has 0 aliphatic rings. The van der Waals surface area contributed by atoms with Crippen molar-refractivity contribution in [2.24, 2.45) is 0 Å². The Labute approximate surface area is 193 Å². The number of thioether (sulfide) groups is 1.